The van der Waals surface area contributed by atoms with E-state index in [1.807, 2.05) is 0 Å². The van der Waals surface area contributed by atoms with Gasteiger partial charge in [-0.05, 0) is 63.0 Å². The average Bonchev–Trinajstić information content (AvgIpc) is 3.01. The third-order valence-electron chi connectivity index (χ3n) is 7.67. The van der Waals surface area contributed by atoms with Crippen LogP contribution in [0.3, 0.4) is 0 Å². The Morgan fingerprint density at radius 3 is 2.27 bits per heavy atom. The molecule has 2 bridgehead atoms. The molecule has 0 atom stereocenters. The zero-order valence-electron chi connectivity index (χ0n) is 19.4. The molecule has 0 unspecified atom stereocenters. The van der Waals surface area contributed by atoms with E-state index in [0.29, 0.717) is 5.56 Å². The molecular formula is C25H32BrNOSi2. The molecule has 0 saturated carbocycles. The van der Waals surface area contributed by atoms with Gasteiger partial charge in [0.25, 0.3) is 0 Å². The summed E-state index contributed by atoms with van der Waals surface area (Å²) >= 11 is 3.98. The Morgan fingerprint density at radius 1 is 1.07 bits per heavy atom. The Balaban J connectivity index is 2.15. The summed E-state index contributed by atoms with van der Waals surface area (Å²) in [5, 5.41) is 2.77. The van der Waals surface area contributed by atoms with Gasteiger partial charge in [0.2, 0.25) is 5.91 Å². The maximum Gasteiger partial charge on any atom is 0.249 e. The summed E-state index contributed by atoms with van der Waals surface area (Å²) in [7, 11) is -3.48. The summed E-state index contributed by atoms with van der Waals surface area (Å²) in [6.07, 6.45) is 3.25. The summed E-state index contributed by atoms with van der Waals surface area (Å²) in [5.74, 6) is -0.311. The minimum atomic E-state index is -1.79. The fourth-order valence-electron chi connectivity index (χ4n) is 5.10. The molecule has 2 aromatic rings. The fourth-order valence-corrected chi connectivity index (χ4v) is 18.9. The second-order valence-corrected chi connectivity index (χ2v) is 27.0. The summed E-state index contributed by atoms with van der Waals surface area (Å²) in [4.78, 5) is 12.7. The number of hydrogen-bond acceptors (Lipinski definition) is 1. The molecule has 2 aromatic carbocycles. The molecule has 2 N–H and O–H groups in total. The van der Waals surface area contributed by atoms with Crippen molar-refractivity contribution in [2.45, 2.75) is 65.7 Å². The number of carbonyl (C=O) groups is 1. The summed E-state index contributed by atoms with van der Waals surface area (Å²) in [5.41, 5.74) is 14.4. The number of benzene rings is 2. The molecule has 30 heavy (non-hydrogen) atoms. The van der Waals surface area contributed by atoms with Gasteiger partial charge in [0.15, 0.2) is 0 Å². The van der Waals surface area contributed by atoms with Crippen LogP contribution in [0.2, 0.25) is 26.2 Å². The Morgan fingerprint density at radius 2 is 1.70 bits per heavy atom. The topological polar surface area (TPSA) is 43.1 Å². The number of rotatable bonds is 2. The van der Waals surface area contributed by atoms with Gasteiger partial charge in [0.05, 0.1) is 15.2 Å². The first kappa shape index (κ1) is 21.8. The number of primary amides is 1. The zero-order valence-corrected chi connectivity index (χ0v) is 23.0. The van der Waals surface area contributed by atoms with Gasteiger partial charge < -0.3 is 5.73 Å². The number of carbonyl (C=O) groups excluding carboxylic acids is 1. The van der Waals surface area contributed by atoms with E-state index in [-0.39, 0.29) is 11.3 Å². The van der Waals surface area contributed by atoms with Gasteiger partial charge in [0.1, 0.15) is 0 Å². The van der Waals surface area contributed by atoms with Gasteiger partial charge in [-0.2, -0.15) is 0 Å². The molecule has 0 fully saturated rings. The zero-order chi connectivity index (χ0) is 22.4. The number of allylic oxidation sites excluding steroid dienone is 1. The highest BCUT2D eigenvalue weighted by Crippen LogP contribution is 2.43. The highest BCUT2D eigenvalue weighted by atomic mass is 79.9. The van der Waals surface area contributed by atoms with Crippen molar-refractivity contribution in [3.63, 3.8) is 0 Å². The molecule has 0 radical (unpaired) electrons. The minimum Gasteiger partial charge on any atom is -0.366 e. The molecular weight excluding hydrogens is 466 g/mol. The van der Waals surface area contributed by atoms with Crippen LogP contribution in [0.5, 0.6) is 0 Å². The maximum atomic E-state index is 12.7. The molecule has 1 amide bonds. The largest absolute Gasteiger partial charge is 0.366 e. The Bertz CT molecular complexity index is 1150. The Kier molecular flexibility index (Phi) is 4.74. The SMILES string of the molecule is CC1=Cc2cc(C(C)(C)C)cc(-c3c(C(N)=O)cc4c(Br)c3[Si](C)(C)[Si]4(C)C)c2C1. The summed E-state index contributed by atoms with van der Waals surface area (Å²) in [6.45, 7) is 18.9. The minimum absolute atomic E-state index is 0.0273. The van der Waals surface area contributed by atoms with E-state index in [2.05, 4.69) is 94.1 Å². The van der Waals surface area contributed by atoms with Crippen molar-refractivity contribution in [1.82, 2.24) is 0 Å². The number of nitrogens with two attached hydrogens (primary N) is 1. The van der Waals surface area contributed by atoms with Crippen molar-refractivity contribution in [3.8, 4) is 11.1 Å². The quantitative estimate of drug-likeness (QED) is 0.554. The fraction of sp³-hybridized carbons (Fsp3) is 0.400. The monoisotopic (exact) mass is 497 g/mol. The average molecular weight is 499 g/mol. The van der Waals surface area contributed by atoms with E-state index in [9.17, 15) is 4.79 Å². The van der Waals surface area contributed by atoms with Crippen molar-refractivity contribution in [2.24, 2.45) is 5.73 Å². The lowest BCUT2D eigenvalue weighted by Crippen LogP contribution is -2.63. The lowest BCUT2D eigenvalue weighted by atomic mass is 9.82. The Labute approximate surface area is 190 Å². The molecule has 0 aromatic heterocycles. The number of hydrogen-bond donors (Lipinski definition) is 1. The highest BCUT2D eigenvalue weighted by Gasteiger charge is 2.53. The van der Waals surface area contributed by atoms with Crippen molar-refractivity contribution in [1.29, 1.82) is 0 Å². The molecule has 4 rings (SSSR count). The first-order valence-corrected chi connectivity index (χ1v) is 18.5. The van der Waals surface area contributed by atoms with Gasteiger partial charge in [-0.3, -0.25) is 4.79 Å². The molecule has 1 heterocycles. The maximum absolute atomic E-state index is 12.7. The lowest BCUT2D eigenvalue weighted by Gasteiger charge is -2.33. The molecule has 1 aliphatic heterocycles. The van der Waals surface area contributed by atoms with Crippen molar-refractivity contribution >= 4 is 53.5 Å². The molecule has 0 spiro atoms. The second-order valence-electron chi connectivity index (χ2n) is 11.2. The molecule has 2 aliphatic rings. The van der Waals surface area contributed by atoms with Gasteiger partial charge in [-0.1, -0.05) is 86.7 Å². The summed E-state index contributed by atoms with van der Waals surface area (Å²) in [6, 6.07) is 6.81. The molecule has 2 nitrogen and oxygen atoms in total. The molecule has 158 valence electrons. The van der Waals surface area contributed by atoms with Crippen LogP contribution in [0.25, 0.3) is 17.2 Å². The van der Waals surface area contributed by atoms with Crippen LogP contribution < -0.4 is 16.1 Å². The van der Waals surface area contributed by atoms with Crippen molar-refractivity contribution in [3.05, 3.63) is 50.5 Å². The third-order valence-corrected chi connectivity index (χ3v) is 26.8. The normalized spacial score (nSPS) is 18.4. The van der Waals surface area contributed by atoms with Gasteiger partial charge in [-0.15, -0.1) is 0 Å². The van der Waals surface area contributed by atoms with E-state index in [4.69, 9.17) is 5.73 Å². The van der Waals surface area contributed by atoms with E-state index in [1.165, 1.54) is 42.7 Å². The van der Waals surface area contributed by atoms with Crippen LogP contribution in [0.15, 0.2) is 28.2 Å². The predicted octanol–water partition coefficient (Wildman–Crippen LogP) is 5.39. The van der Waals surface area contributed by atoms with Gasteiger partial charge >= 0.3 is 0 Å². The standard InChI is InChI=1S/C25H32BrNOSi2/c1-14-9-15-11-16(25(2,3)4)12-18(17(15)10-14)21-19(24(27)28)13-20-22(26)23(21)30(7,8)29(20,5)6/h9,11-13H,10H2,1-8H3,(H2,27,28). The molecule has 1 aliphatic carbocycles. The van der Waals surface area contributed by atoms with E-state index < -0.39 is 15.2 Å². The van der Waals surface area contributed by atoms with Crippen LogP contribution in [-0.4, -0.2) is 21.1 Å². The first-order chi connectivity index (χ1) is 13.7. The van der Waals surface area contributed by atoms with Crippen LogP contribution in [0, 0.1) is 0 Å². The van der Waals surface area contributed by atoms with Crippen LogP contribution in [-0.2, 0) is 11.8 Å². The van der Waals surface area contributed by atoms with Gasteiger partial charge in [-0.25, -0.2) is 0 Å². The van der Waals surface area contributed by atoms with E-state index >= 15 is 0 Å². The molecule has 5 heteroatoms. The Hall–Kier alpha value is -1.44. The summed E-state index contributed by atoms with van der Waals surface area (Å²) < 4.78 is 1.24. The first-order valence-electron chi connectivity index (χ1n) is 10.7. The van der Waals surface area contributed by atoms with Crippen molar-refractivity contribution in [2.75, 3.05) is 0 Å². The molecule has 0 saturated heterocycles. The van der Waals surface area contributed by atoms with E-state index in [1.54, 1.807) is 0 Å². The predicted molar refractivity (Wildman–Crippen MR) is 138 cm³/mol. The van der Waals surface area contributed by atoms with E-state index in [0.717, 1.165) is 12.0 Å². The highest BCUT2D eigenvalue weighted by molar-refractivity contribution is 9.11. The lowest BCUT2D eigenvalue weighted by molar-refractivity contribution is 0.100. The smallest absolute Gasteiger partial charge is 0.249 e. The number of halogens is 1. The third kappa shape index (κ3) is 2.89. The second kappa shape index (κ2) is 6.53. The van der Waals surface area contributed by atoms with Gasteiger partial charge in [0, 0.05) is 10.0 Å². The van der Waals surface area contributed by atoms with Crippen LogP contribution >= 0.6 is 15.9 Å². The van der Waals surface area contributed by atoms with Crippen LogP contribution in [0.1, 0.15) is 54.7 Å². The number of fused-ring (bicyclic) bond motifs is 3. The number of amides is 1. The van der Waals surface area contributed by atoms with Crippen molar-refractivity contribution < 1.29 is 4.79 Å². The van der Waals surface area contributed by atoms with Crippen LogP contribution in [0.4, 0.5) is 0 Å².